The number of hydrogen-bond acceptors (Lipinski definition) is 2. The van der Waals surface area contributed by atoms with Crippen LogP contribution in [0.5, 0.6) is 0 Å². The van der Waals surface area contributed by atoms with E-state index in [-0.39, 0.29) is 0 Å². The monoisotopic (exact) mass is 300 g/mol. The van der Waals surface area contributed by atoms with Crippen molar-refractivity contribution < 1.29 is 0 Å². The smallest absolute Gasteiger partial charge is 0.194 e. The molecule has 2 aliphatic heterocycles. The first-order valence-electron chi connectivity index (χ1n) is 8.55. The van der Waals surface area contributed by atoms with Gasteiger partial charge in [-0.05, 0) is 50.4 Å². The van der Waals surface area contributed by atoms with Gasteiger partial charge in [-0.25, -0.2) is 0 Å². The van der Waals surface area contributed by atoms with Gasteiger partial charge in [-0.1, -0.05) is 24.3 Å². The zero-order valence-corrected chi connectivity index (χ0v) is 13.9. The van der Waals surface area contributed by atoms with Crippen molar-refractivity contribution in [1.29, 1.82) is 0 Å². The Morgan fingerprint density at radius 1 is 1.27 bits per heavy atom. The predicted molar refractivity (Wildman–Crippen MR) is 92.1 cm³/mol. The van der Waals surface area contributed by atoms with Crippen LogP contribution in [0.25, 0.3) is 0 Å². The standard InChI is InChI=1S/C18H28N4/c1-3-19-18(20-12-15-8-10-21(2)13-15)22-11-9-16-6-4-5-7-17(16)14-22/h4-7,15H,3,8-14H2,1-2H3,(H,19,20). The average molecular weight is 300 g/mol. The van der Waals surface area contributed by atoms with Crippen molar-refractivity contribution in [2.45, 2.75) is 26.3 Å². The molecule has 22 heavy (non-hydrogen) atoms. The minimum atomic E-state index is 0.718. The quantitative estimate of drug-likeness (QED) is 0.684. The minimum Gasteiger partial charge on any atom is -0.357 e. The summed E-state index contributed by atoms with van der Waals surface area (Å²) < 4.78 is 0. The highest BCUT2D eigenvalue weighted by atomic mass is 15.3. The fraction of sp³-hybridized carbons (Fsp3) is 0.611. The van der Waals surface area contributed by atoms with Gasteiger partial charge in [-0.15, -0.1) is 0 Å². The molecule has 0 bridgehead atoms. The van der Waals surface area contributed by atoms with Gasteiger partial charge < -0.3 is 15.1 Å². The van der Waals surface area contributed by atoms with Gasteiger partial charge in [0.25, 0.3) is 0 Å². The third-order valence-corrected chi connectivity index (χ3v) is 4.75. The van der Waals surface area contributed by atoms with Crippen molar-refractivity contribution in [3.05, 3.63) is 35.4 Å². The Balaban J connectivity index is 1.66. The van der Waals surface area contributed by atoms with Crippen molar-refractivity contribution in [1.82, 2.24) is 15.1 Å². The molecule has 0 spiro atoms. The first-order chi connectivity index (χ1) is 10.8. The van der Waals surface area contributed by atoms with Crippen LogP contribution in [0.3, 0.4) is 0 Å². The number of nitrogens with one attached hydrogen (secondary N) is 1. The van der Waals surface area contributed by atoms with Gasteiger partial charge in [0.1, 0.15) is 0 Å². The van der Waals surface area contributed by atoms with Gasteiger partial charge in [0.2, 0.25) is 0 Å². The van der Waals surface area contributed by atoms with Crippen LogP contribution in [-0.2, 0) is 13.0 Å². The molecule has 2 heterocycles. The Kier molecular flexibility index (Phi) is 4.98. The van der Waals surface area contributed by atoms with Gasteiger partial charge in [0.05, 0.1) is 0 Å². The number of benzene rings is 1. The van der Waals surface area contributed by atoms with Gasteiger partial charge >= 0.3 is 0 Å². The molecule has 1 aromatic carbocycles. The van der Waals surface area contributed by atoms with Crippen LogP contribution in [0.1, 0.15) is 24.5 Å². The number of likely N-dealkylation sites (tertiary alicyclic amines) is 1. The van der Waals surface area contributed by atoms with Crippen LogP contribution in [0.4, 0.5) is 0 Å². The number of rotatable bonds is 3. The molecule has 0 aliphatic carbocycles. The molecule has 1 atom stereocenters. The molecule has 0 saturated carbocycles. The molecular weight excluding hydrogens is 272 g/mol. The lowest BCUT2D eigenvalue weighted by atomic mass is 10.0. The van der Waals surface area contributed by atoms with E-state index in [1.807, 2.05) is 0 Å². The second-order valence-electron chi connectivity index (χ2n) is 6.55. The summed E-state index contributed by atoms with van der Waals surface area (Å²) in [4.78, 5) is 9.75. The fourth-order valence-corrected chi connectivity index (χ4v) is 3.49. The molecule has 1 unspecified atom stereocenters. The lowest BCUT2D eigenvalue weighted by molar-refractivity contribution is 0.374. The first kappa shape index (κ1) is 15.3. The van der Waals surface area contributed by atoms with Crippen molar-refractivity contribution in [3.63, 3.8) is 0 Å². The zero-order valence-electron chi connectivity index (χ0n) is 13.9. The Bertz CT molecular complexity index is 526. The van der Waals surface area contributed by atoms with Crippen LogP contribution in [0, 0.1) is 5.92 Å². The summed E-state index contributed by atoms with van der Waals surface area (Å²) in [5, 5.41) is 3.48. The molecule has 3 rings (SSSR count). The molecule has 0 radical (unpaired) electrons. The number of nitrogens with zero attached hydrogens (tertiary/aromatic N) is 3. The van der Waals surface area contributed by atoms with Crippen molar-refractivity contribution in [3.8, 4) is 0 Å². The highest BCUT2D eigenvalue weighted by Crippen LogP contribution is 2.19. The molecule has 120 valence electrons. The Morgan fingerprint density at radius 2 is 2.09 bits per heavy atom. The van der Waals surface area contributed by atoms with Crippen LogP contribution in [0.15, 0.2) is 29.3 Å². The average Bonchev–Trinajstić information content (AvgIpc) is 2.96. The SMILES string of the molecule is CCNC(=NCC1CCN(C)C1)N1CCc2ccccc2C1. The molecule has 0 aromatic heterocycles. The maximum atomic E-state index is 4.93. The van der Waals surface area contributed by atoms with Crippen LogP contribution in [-0.4, -0.2) is 55.5 Å². The molecular formula is C18H28N4. The molecule has 1 fully saturated rings. The summed E-state index contributed by atoms with van der Waals surface area (Å²) in [7, 11) is 2.20. The van der Waals surface area contributed by atoms with E-state index < -0.39 is 0 Å². The lowest BCUT2D eigenvalue weighted by Crippen LogP contribution is -2.44. The van der Waals surface area contributed by atoms with E-state index >= 15 is 0 Å². The first-order valence-corrected chi connectivity index (χ1v) is 8.55. The minimum absolute atomic E-state index is 0.718. The third-order valence-electron chi connectivity index (χ3n) is 4.75. The van der Waals surface area contributed by atoms with Gasteiger partial charge in [-0.3, -0.25) is 4.99 Å². The van der Waals surface area contributed by atoms with E-state index in [0.29, 0.717) is 0 Å². The van der Waals surface area contributed by atoms with Crippen LogP contribution in [0.2, 0.25) is 0 Å². The van der Waals surface area contributed by atoms with Crippen LogP contribution >= 0.6 is 0 Å². The number of guanidine groups is 1. The summed E-state index contributed by atoms with van der Waals surface area (Å²) >= 11 is 0. The Hall–Kier alpha value is -1.55. The number of aliphatic imine (C=N–C) groups is 1. The lowest BCUT2D eigenvalue weighted by Gasteiger charge is -2.32. The second-order valence-corrected chi connectivity index (χ2v) is 6.55. The summed E-state index contributed by atoms with van der Waals surface area (Å²) in [6.07, 6.45) is 2.40. The molecule has 0 amide bonds. The predicted octanol–water partition coefficient (Wildman–Crippen LogP) is 1.96. The van der Waals surface area contributed by atoms with Crippen LogP contribution < -0.4 is 5.32 Å². The second kappa shape index (κ2) is 7.14. The summed E-state index contributed by atoms with van der Waals surface area (Å²) in [5.41, 5.74) is 2.94. The molecule has 1 N–H and O–H groups in total. The van der Waals surface area contributed by atoms with E-state index in [2.05, 4.69) is 53.4 Å². The van der Waals surface area contributed by atoms with Gasteiger partial charge in [0.15, 0.2) is 5.96 Å². The summed E-state index contributed by atoms with van der Waals surface area (Å²) in [6.45, 7) is 8.47. The van der Waals surface area contributed by atoms with Crippen molar-refractivity contribution in [2.24, 2.45) is 10.9 Å². The topological polar surface area (TPSA) is 30.9 Å². The van der Waals surface area contributed by atoms with E-state index in [4.69, 9.17) is 4.99 Å². The maximum Gasteiger partial charge on any atom is 0.194 e. The molecule has 2 aliphatic rings. The summed E-state index contributed by atoms with van der Waals surface area (Å²) in [5.74, 6) is 1.81. The van der Waals surface area contributed by atoms with E-state index in [9.17, 15) is 0 Å². The largest absolute Gasteiger partial charge is 0.357 e. The number of fused-ring (bicyclic) bond motifs is 1. The molecule has 4 nitrogen and oxygen atoms in total. The Morgan fingerprint density at radius 3 is 2.82 bits per heavy atom. The number of hydrogen-bond donors (Lipinski definition) is 1. The van der Waals surface area contributed by atoms with E-state index in [1.165, 1.54) is 30.6 Å². The normalized spacial score (nSPS) is 22.7. The van der Waals surface area contributed by atoms with Gasteiger partial charge in [-0.2, -0.15) is 0 Å². The summed E-state index contributed by atoms with van der Waals surface area (Å²) in [6, 6.07) is 8.78. The highest BCUT2D eigenvalue weighted by Gasteiger charge is 2.21. The highest BCUT2D eigenvalue weighted by molar-refractivity contribution is 5.80. The fourth-order valence-electron chi connectivity index (χ4n) is 3.49. The van der Waals surface area contributed by atoms with Crippen molar-refractivity contribution in [2.75, 3.05) is 39.8 Å². The molecule has 1 saturated heterocycles. The zero-order chi connectivity index (χ0) is 15.4. The molecule has 1 aromatic rings. The third kappa shape index (κ3) is 3.61. The maximum absolute atomic E-state index is 4.93. The van der Waals surface area contributed by atoms with E-state index in [1.54, 1.807) is 0 Å². The van der Waals surface area contributed by atoms with Crippen molar-refractivity contribution >= 4 is 5.96 Å². The van der Waals surface area contributed by atoms with Gasteiger partial charge in [0, 0.05) is 32.7 Å². The molecule has 4 heteroatoms. The Labute approximate surface area is 134 Å². The van der Waals surface area contributed by atoms with E-state index in [0.717, 1.165) is 44.5 Å².